The van der Waals surface area contributed by atoms with E-state index in [4.69, 9.17) is 8.75 Å². The van der Waals surface area contributed by atoms with E-state index in [0.717, 1.165) is 57.5 Å². The quantitative estimate of drug-likeness (QED) is 0.161. The van der Waals surface area contributed by atoms with E-state index < -0.39 is 0 Å². The molecule has 9 aromatic carbocycles. The molecule has 0 saturated heterocycles. The minimum absolute atomic E-state index is 0. The van der Waals surface area contributed by atoms with Gasteiger partial charge in [-0.3, -0.25) is 0 Å². The minimum Gasteiger partial charge on any atom is -0.305 e. The minimum atomic E-state index is -0.144. The second-order valence-corrected chi connectivity index (χ2v) is 19.2. The number of fused-ring (bicyclic) bond motifs is 9. The fourth-order valence-electron chi connectivity index (χ4n) is 11.3. The Morgan fingerprint density at radius 1 is 0.451 bits per heavy atom. The number of nitrogens with zero attached hydrogens (tertiary/aromatic N) is 4. The fraction of sp³-hybridized carbons (Fsp3) is 0.0769. The van der Waals surface area contributed by atoms with E-state index in [1.165, 1.54) is 100 Å². The Kier molecular flexibility index (Phi) is 11.4. The Labute approximate surface area is 431 Å². The Morgan fingerprint density at radius 3 is 1.70 bits per heavy atom. The molecule has 2 aliphatic rings. The molecule has 0 bridgehead atoms. The molecule has 14 rings (SSSR count). The van der Waals surface area contributed by atoms with E-state index in [1.54, 1.807) is 6.20 Å². The summed E-state index contributed by atoms with van der Waals surface area (Å²) in [6, 6.07) is 76.4. The van der Waals surface area contributed by atoms with Gasteiger partial charge in [0.2, 0.25) is 0 Å². The number of aromatic nitrogens is 4. The SMILES string of the molecule is Cc1ccc2c(c1)C1(Cc3c[c-]c(-c4ccccn4)cc3C1)c1cc(-c3cccc4c(-c5ccc(-c6cccc7c(C)cccc67)c6nsnc56)cccc34)ccc1-2.[Ir].[c-]1ccccc1-c1ccccn1. The summed E-state index contributed by atoms with van der Waals surface area (Å²) in [5.41, 5.74) is 23.8. The number of pyridine rings is 2. The van der Waals surface area contributed by atoms with Crippen LogP contribution in [0, 0.1) is 26.0 Å². The number of aryl methyl sites for hydroxylation is 2. The number of benzene rings is 9. The van der Waals surface area contributed by atoms with E-state index in [0.29, 0.717) is 0 Å². The van der Waals surface area contributed by atoms with Crippen LogP contribution in [0.4, 0.5) is 0 Å². The number of hydrogen-bond acceptors (Lipinski definition) is 5. The molecule has 0 aliphatic heterocycles. The van der Waals surface area contributed by atoms with Gasteiger partial charge in [-0.15, -0.1) is 70.8 Å². The molecular formula is C65H44IrN4S-2. The molecule has 1 unspecified atom stereocenters. The van der Waals surface area contributed by atoms with Crippen molar-refractivity contribution in [2.45, 2.75) is 32.1 Å². The van der Waals surface area contributed by atoms with Crippen LogP contribution in [0.5, 0.6) is 0 Å². The summed E-state index contributed by atoms with van der Waals surface area (Å²) in [6.07, 6.45) is 5.56. The normalized spacial score (nSPS) is 14.2. The average Bonchev–Trinajstić information content (AvgIpc) is 4.14. The molecule has 1 atom stereocenters. The topological polar surface area (TPSA) is 51.6 Å². The van der Waals surface area contributed by atoms with Gasteiger partial charge in [0.1, 0.15) is 11.0 Å². The van der Waals surface area contributed by atoms with Gasteiger partial charge in [-0.05, 0) is 128 Å². The van der Waals surface area contributed by atoms with Crippen LogP contribution < -0.4 is 0 Å². The molecule has 2 aliphatic carbocycles. The summed E-state index contributed by atoms with van der Waals surface area (Å²) in [6.45, 7) is 4.40. The molecule has 0 amide bonds. The molecule has 12 aromatic rings. The first-order chi connectivity index (χ1) is 34.5. The molecule has 4 nitrogen and oxygen atoms in total. The van der Waals surface area contributed by atoms with Crippen molar-refractivity contribution >= 4 is 44.3 Å². The maximum absolute atomic E-state index is 4.94. The van der Waals surface area contributed by atoms with Crippen molar-refractivity contribution in [2.75, 3.05) is 0 Å². The van der Waals surface area contributed by atoms with Gasteiger partial charge >= 0.3 is 0 Å². The Morgan fingerprint density at radius 2 is 1.03 bits per heavy atom. The molecule has 71 heavy (non-hydrogen) atoms. The zero-order chi connectivity index (χ0) is 46.8. The summed E-state index contributed by atoms with van der Waals surface area (Å²) in [5.74, 6) is 0. The molecule has 341 valence electrons. The van der Waals surface area contributed by atoms with Crippen LogP contribution in [0.2, 0.25) is 0 Å². The van der Waals surface area contributed by atoms with Crippen LogP contribution >= 0.6 is 11.7 Å². The van der Waals surface area contributed by atoms with Crippen molar-refractivity contribution in [1.82, 2.24) is 18.7 Å². The number of rotatable bonds is 5. The largest absolute Gasteiger partial charge is 0.305 e. The first-order valence-electron chi connectivity index (χ1n) is 23.9. The smallest absolute Gasteiger partial charge is 0.113 e. The fourth-order valence-corrected chi connectivity index (χ4v) is 11.9. The second kappa shape index (κ2) is 18.2. The molecule has 1 radical (unpaired) electrons. The van der Waals surface area contributed by atoms with E-state index in [2.05, 4.69) is 182 Å². The summed E-state index contributed by atoms with van der Waals surface area (Å²) in [7, 11) is 0. The maximum Gasteiger partial charge on any atom is 0.113 e. The van der Waals surface area contributed by atoms with Crippen LogP contribution in [0.25, 0.3) is 99.6 Å². The van der Waals surface area contributed by atoms with Crippen LogP contribution in [0.3, 0.4) is 0 Å². The first kappa shape index (κ1) is 44.5. The van der Waals surface area contributed by atoms with Crippen LogP contribution in [-0.4, -0.2) is 18.7 Å². The third-order valence-electron chi connectivity index (χ3n) is 14.6. The summed E-state index contributed by atoms with van der Waals surface area (Å²) >= 11 is 1.29. The third kappa shape index (κ3) is 7.62. The van der Waals surface area contributed by atoms with Crippen molar-refractivity contribution in [3.8, 4) is 67.0 Å². The van der Waals surface area contributed by atoms with Crippen molar-refractivity contribution in [3.63, 3.8) is 0 Å². The van der Waals surface area contributed by atoms with Crippen LogP contribution in [0.15, 0.2) is 207 Å². The van der Waals surface area contributed by atoms with Gasteiger partial charge < -0.3 is 9.97 Å². The van der Waals surface area contributed by atoms with Crippen molar-refractivity contribution in [3.05, 3.63) is 252 Å². The summed E-state index contributed by atoms with van der Waals surface area (Å²) in [5, 5.41) is 4.95. The van der Waals surface area contributed by atoms with Gasteiger partial charge in [-0.2, -0.15) is 8.75 Å². The monoisotopic (exact) mass is 1110 g/mol. The van der Waals surface area contributed by atoms with Gasteiger partial charge in [0.25, 0.3) is 0 Å². The van der Waals surface area contributed by atoms with Gasteiger partial charge in [0.15, 0.2) is 0 Å². The summed E-state index contributed by atoms with van der Waals surface area (Å²) < 4.78 is 9.84. The van der Waals surface area contributed by atoms with Crippen molar-refractivity contribution in [1.29, 1.82) is 0 Å². The summed E-state index contributed by atoms with van der Waals surface area (Å²) in [4.78, 5) is 8.86. The van der Waals surface area contributed by atoms with E-state index in [1.807, 2.05) is 54.7 Å². The first-order valence-corrected chi connectivity index (χ1v) is 24.6. The average molecular weight is 1110 g/mol. The standard InChI is InChI=1S/C54H36N3S.C11H8N.Ir/c1-32-18-22-45-46-23-21-34(29-50(46)54(49(45)27-32)30-36-20-19-35(28-37(36)31-54)51-17-3-4-26-55-51)39-11-7-14-42-41(39)13-8-16-44(42)48-25-24-47(52-53(48)57-58-56-52)43-15-6-10-38-33(2)9-5-12-40(38)43;1-2-6-10(7-3-1)11-8-4-5-9-12-11;/h3-18,20-29H,30-31H2,1-2H3;1-6,8-9H;/q2*-1;. The Hall–Kier alpha value is -7.73. The zero-order valence-corrected chi connectivity index (χ0v) is 42.3. The molecule has 0 N–H and O–H groups in total. The van der Waals surface area contributed by atoms with E-state index >= 15 is 0 Å². The van der Waals surface area contributed by atoms with Gasteiger partial charge in [0.05, 0.1) is 11.7 Å². The Balaban J connectivity index is 0.000000349. The maximum atomic E-state index is 4.94. The molecule has 0 saturated carbocycles. The number of hydrogen-bond donors (Lipinski definition) is 0. The van der Waals surface area contributed by atoms with Gasteiger partial charge in [0, 0.05) is 49.0 Å². The predicted octanol–water partition coefficient (Wildman–Crippen LogP) is 16.1. The van der Waals surface area contributed by atoms with Gasteiger partial charge in [-0.1, -0.05) is 145 Å². The molecule has 1 spiro atoms. The third-order valence-corrected chi connectivity index (χ3v) is 15.1. The zero-order valence-electron chi connectivity index (χ0n) is 39.1. The van der Waals surface area contributed by atoms with E-state index in [-0.39, 0.29) is 25.5 Å². The molecule has 0 fully saturated rings. The second-order valence-electron chi connectivity index (χ2n) is 18.7. The molecular weight excluding hydrogens is 1060 g/mol. The predicted molar refractivity (Wildman–Crippen MR) is 289 cm³/mol. The van der Waals surface area contributed by atoms with Crippen LogP contribution in [-0.2, 0) is 38.4 Å². The molecule has 3 aromatic heterocycles. The molecule has 6 heteroatoms. The Bertz CT molecular complexity index is 3940. The van der Waals surface area contributed by atoms with Gasteiger partial charge in [-0.25, -0.2) is 0 Å². The van der Waals surface area contributed by atoms with Crippen LogP contribution in [0.1, 0.15) is 33.4 Å². The van der Waals surface area contributed by atoms with E-state index in [9.17, 15) is 0 Å². The van der Waals surface area contributed by atoms with Crippen molar-refractivity contribution in [2.24, 2.45) is 0 Å². The molecule has 3 heterocycles. The van der Waals surface area contributed by atoms with Crippen molar-refractivity contribution < 1.29 is 20.1 Å².